The molecule has 0 bridgehead atoms. The number of carbonyl (C=O) groups is 2. The lowest BCUT2D eigenvalue weighted by molar-refractivity contribution is -0.126. The predicted molar refractivity (Wildman–Crippen MR) is 92.8 cm³/mol. The van der Waals surface area contributed by atoms with Gasteiger partial charge in [-0.15, -0.1) is 0 Å². The number of nitrogens with one attached hydrogen (secondary N) is 2. The molecule has 0 aliphatic heterocycles. The van der Waals surface area contributed by atoms with Crippen molar-refractivity contribution < 1.29 is 22.4 Å². The fourth-order valence-corrected chi connectivity index (χ4v) is 3.61. The average molecular weight is 372 g/mol. The number of hydrogen-bond acceptors (Lipinski definition) is 4. The van der Waals surface area contributed by atoms with Gasteiger partial charge in [0.2, 0.25) is 15.9 Å². The van der Waals surface area contributed by atoms with Crippen molar-refractivity contribution in [3.63, 3.8) is 0 Å². The van der Waals surface area contributed by atoms with Crippen molar-refractivity contribution in [2.24, 2.45) is 11.8 Å². The molecule has 2 N–H and O–H groups in total. The van der Waals surface area contributed by atoms with Crippen molar-refractivity contribution in [1.82, 2.24) is 10.0 Å². The van der Waals surface area contributed by atoms with E-state index in [0.717, 1.165) is 24.3 Å². The SMILES string of the molecule is CC(C)C[C@@H](C=O)NC(=O)C(NS(=O)(=O)c1ccc(F)cc1)C(C)C. The third-order valence-electron chi connectivity index (χ3n) is 3.57. The lowest BCUT2D eigenvalue weighted by Crippen LogP contribution is -2.52. The zero-order valence-corrected chi connectivity index (χ0v) is 15.6. The first-order chi connectivity index (χ1) is 11.6. The molecule has 0 spiro atoms. The van der Waals surface area contributed by atoms with Crippen molar-refractivity contribution >= 4 is 22.2 Å². The quantitative estimate of drug-likeness (QED) is 0.647. The smallest absolute Gasteiger partial charge is 0.241 e. The van der Waals surface area contributed by atoms with Gasteiger partial charge < -0.3 is 10.1 Å². The van der Waals surface area contributed by atoms with E-state index in [4.69, 9.17) is 0 Å². The van der Waals surface area contributed by atoms with Crippen molar-refractivity contribution in [2.45, 2.75) is 51.1 Å². The monoisotopic (exact) mass is 372 g/mol. The summed E-state index contributed by atoms with van der Waals surface area (Å²) in [6.45, 7) is 7.21. The van der Waals surface area contributed by atoms with E-state index in [2.05, 4.69) is 10.0 Å². The van der Waals surface area contributed by atoms with E-state index in [1.165, 1.54) is 0 Å². The second kappa shape index (κ2) is 9.05. The van der Waals surface area contributed by atoms with Crippen LogP contribution in [0.4, 0.5) is 4.39 Å². The standard InChI is InChI=1S/C17H25FN2O4S/c1-11(2)9-14(10-21)19-17(22)16(12(3)4)20-25(23,24)15-7-5-13(18)6-8-15/h5-8,10-12,14,16,20H,9H2,1-4H3,(H,19,22)/t14-,16?/m0/s1. The van der Waals surface area contributed by atoms with Gasteiger partial charge in [-0.05, 0) is 42.5 Å². The third-order valence-corrected chi connectivity index (χ3v) is 5.03. The van der Waals surface area contributed by atoms with Crippen LogP contribution >= 0.6 is 0 Å². The van der Waals surface area contributed by atoms with Crippen molar-refractivity contribution in [1.29, 1.82) is 0 Å². The topological polar surface area (TPSA) is 92.3 Å². The first-order valence-corrected chi connectivity index (χ1v) is 9.58. The molecule has 2 atom stereocenters. The van der Waals surface area contributed by atoms with Crippen molar-refractivity contribution in [2.75, 3.05) is 0 Å². The summed E-state index contributed by atoms with van der Waals surface area (Å²) in [6, 6.07) is 2.59. The molecular weight excluding hydrogens is 347 g/mol. The Morgan fingerprint density at radius 1 is 1.16 bits per heavy atom. The third kappa shape index (κ3) is 6.55. The lowest BCUT2D eigenvalue weighted by atomic mass is 10.0. The van der Waals surface area contributed by atoms with E-state index in [-0.39, 0.29) is 16.7 Å². The highest BCUT2D eigenvalue weighted by molar-refractivity contribution is 7.89. The number of benzene rings is 1. The fourth-order valence-electron chi connectivity index (χ4n) is 2.27. The van der Waals surface area contributed by atoms with E-state index in [0.29, 0.717) is 12.7 Å². The zero-order chi connectivity index (χ0) is 19.2. The molecular formula is C17H25FN2O4S. The number of sulfonamides is 1. The van der Waals surface area contributed by atoms with Crippen LogP contribution in [-0.2, 0) is 19.6 Å². The molecule has 0 saturated carbocycles. The Bertz CT molecular complexity index is 687. The normalized spacial score (nSPS) is 14.4. The molecule has 1 unspecified atom stereocenters. The fraction of sp³-hybridized carbons (Fsp3) is 0.529. The summed E-state index contributed by atoms with van der Waals surface area (Å²) in [6.07, 6.45) is 1.11. The molecule has 0 aliphatic rings. The maximum atomic E-state index is 13.0. The van der Waals surface area contributed by atoms with Gasteiger partial charge in [-0.2, -0.15) is 4.72 Å². The van der Waals surface area contributed by atoms with Crippen molar-refractivity contribution in [3.05, 3.63) is 30.1 Å². The van der Waals surface area contributed by atoms with E-state index in [1.54, 1.807) is 13.8 Å². The maximum absolute atomic E-state index is 13.0. The average Bonchev–Trinajstić information content (AvgIpc) is 2.51. The highest BCUT2D eigenvalue weighted by Gasteiger charge is 2.29. The van der Waals surface area contributed by atoms with E-state index >= 15 is 0 Å². The second-order valence-corrected chi connectivity index (χ2v) is 8.39. The summed E-state index contributed by atoms with van der Waals surface area (Å²) in [4.78, 5) is 23.4. The molecule has 1 amide bonds. The molecule has 1 aromatic carbocycles. The molecule has 0 radical (unpaired) electrons. The van der Waals surface area contributed by atoms with E-state index < -0.39 is 33.8 Å². The Labute approximate surface area is 148 Å². The van der Waals surface area contributed by atoms with Gasteiger partial charge in [0, 0.05) is 0 Å². The highest BCUT2D eigenvalue weighted by atomic mass is 32.2. The van der Waals surface area contributed by atoms with Crippen LogP contribution in [0.3, 0.4) is 0 Å². The number of rotatable bonds is 9. The molecule has 25 heavy (non-hydrogen) atoms. The molecule has 140 valence electrons. The maximum Gasteiger partial charge on any atom is 0.241 e. The molecule has 1 rings (SSSR count). The van der Waals surface area contributed by atoms with Gasteiger partial charge >= 0.3 is 0 Å². The first-order valence-electron chi connectivity index (χ1n) is 8.10. The van der Waals surface area contributed by atoms with Crippen molar-refractivity contribution in [3.8, 4) is 0 Å². The van der Waals surface area contributed by atoms with Crippen LogP contribution in [0.15, 0.2) is 29.2 Å². The summed E-state index contributed by atoms with van der Waals surface area (Å²) in [7, 11) is -4.00. The molecule has 0 fully saturated rings. The van der Waals surface area contributed by atoms with Crippen LogP contribution in [0.25, 0.3) is 0 Å². The molecule has 0 aromatic heterocycles. The summed E-state index contributed by atoms with van der Waals surface area (Å²) < 4.78 is 40.1. The zero-order valence-electron chi connectivity index (χ0n) is 14.8. The molecule has 1 aromatic rings. The minimum Gasteiger partial charge on any atom is -0.345 e. The van der Waals surface area contributed by atoms with Gasteiger partial charge in [0.1, 0.15) is 18.1 Å². The van der Waals surface area contributed by atoms with Gasteiger partial charge in [0.25, 0.3) is 0 Å². The van der Waals surface area contributed by atoms with Gasteiger partial charge in [0.15, 0.2) is 0 Å². The van der Waals surface area contributed by atoms with Gasteiger partial charge in [-0.25, -0.2) is 12.8 Å². The largest absolute Gasteiger partial charge is 0.345 e. The summed E-state index contributed by atoms with van der Waals surface area (Å²) >= 11 is 0. The number of hydrogen-bond donors (Lipinski definition) is 2. The highest BCUT2D eigenvalue weighted by Crippen LogP contribution is 2.13. The van der Waals surface area contributed by atoms with E-state index in [9.17, 15) is 22.4 Å². The van der Waals surface area contributed by atoms with Crippen LogP contribution in [0.5, 0.6) is 0 Å². The van der Waals surface area contributed by atoms with Gasteiger partial charge in [-0.3, -0.25) is 4.79 Å². The number of carbonyl (C=O) groups excluding carboxylic acids is 2. The van der Waals surface area contributed by atoms with Crippen LogP contribution < -0.4 is 10.0 Å². The Balaban J connectivity index is 2.94. The van der Waals surface area contributed by atoms with Gasteiger partial charge in [0.05, 0.1) is 10.9 Å². The first kappa shape index (κ1) is 21.2. The Kier molecular flexibility index (Phi) is 7.69. The molecule has 8 heteroatoms. The van der Waals surface area contributed by atoms with Gasteiger partial charge in [-0.1, -0.05) is 27.7 Å². The number of halogens is 1. The summed E-state index contributed by atoms with van der Waals surface area (Å²) in [5.41, 5.74) is 0. The Hall–Kier alpha value is -1.80. The second-order valence-electron chi connectivity index (χ2n) is 6.68. The lowest BCUT2D eigenvalue weighted by Gasteiger charge is -2.24. The minimum absolute atomic E-state index is 0.138. The van der Waals surface area contributed by atoms with Crippen LogP contribution in [0.2, 0.25) is 0 Å². The Morgan fingerprint density at radius 2 is 1.72 bits per heavy atom. The minimum atomic E-state index is -4.00. The number of amides is 1. The predicted octanol–water partition coefficient (Wildman–Crippen LogP) is 1.86. The van der Waals surface area contributed by atoms with E-state index in [1.807, 2.05) is 13.8 Å². The molecule has 0 saturated heterocycles. The van der Waals surface area contributed by atoms with Crippen LogP contribution in [-0.4, -0.2) is 32.7 Å². The Morgan fingerprint density at radius 3 is 2.16 bits per heavy atom. The van der Waals surface area contributed by atoms with Crippen LogP contribution in [0, 0.1) is 17.7 Å². The van der Waals surface area contributed by atoms with Crippen LogP contribution in [0.1, 0.15) is 34.1 Å². The number of aldehydes is 1. The molecule has 0 heterocycles. The molecule has 6 nitrogen and oxygen atoms in total. The summed E-state index contributed by atoms with van der Waals surface area (Å²) in [5.74, 6) is -1.27. The summed E-state index contributed by atoms with van der Waals surface area (Å²) in [5, 5.41) is 2.57. The molecule has 0 aliphatic carbocycles.